The molecular formula is C20H20FN3O3. The quantitative estimate of drug-likeness (QED) is 0.879. The number of hydrogen-bond acceptors (Lipinski definition) is 4. The number of nitrogens with one attached hydrogen (secondary N) is 1. The van der Waals surface area contributed by atoms with Crippen LogP contribution in [0.15, 0.2) is 35.1 Å². The van der Waals surface area contributed by atoms with Gasteiger partial charge in [-0.25, -0.2) is 4.39 Å². The van der Waals surface area contributed by atoms with Gasteiger partial charge in [0, 0.05) is 49.5 Å². The summed E-state index contributed by atoms with van der Waals surface area (Å²) in [4.78, 5) is 43.7. The van der Waals surface area contributed by atoms with Crippen LogP contribution in [-0.4, -0.2) is 47.8 Å². The fourth-order valence-electron chi connectivity index (χ4n) is 3.72. The molecule has 0 atom stereocenters. The number of piperazine rings is 1. The van der Waals surface area contributed by atoms with Gasteiger partial charge < -0.3 is 14.8 Å². The molecule has 1 aliphatic carbocycles. The van der Waals surface area contributed by atoms with Crippen molar-refractivity contribution < 1.29 is 14.0 Å². The van der Waals surface area contributed by atoms with Crippen LogP contribution in [0.2, 0.25) is 0 Å². The lowest BCUT2D eigenvalue weighted by atomic mass is 9.93. The van der Waals surface area contributed by atoms with E-state index >= 15 is 0 Å². The molecule has 2 heterocycles. The van der Waals surface area contributed by atoms with Crippen molar-refractivity contribution in [3.63, 3.8) is 0 Å². The summed E-state index contributed by atoms with van der Waals surface area (Å²) in [5, 5.41) is 0. The number of rotatable bonds is 2. The van der Waals surface area contributed by atoms with Gasteiger partial charge in [0.25, 0.3) is 11.5 Å². The number of ketones is 1. The number of carbonyl (C=O) groups is 2. The third kappa shape index (κ3) is 3.37. The minimum Gasteiger partial charge on any atom is -0.368 e. The molecule has 0 bridgehead atoms. The standard InChI is InChI=1S/C20H20FN3O3/c21-13-4-6-14(7-5-13)23-8-10-24(11-9-23)20(27)16-12-15-17(22-19(16)26)2-1-3-18(15)25/h4-7,12H,1-3,8-11H2,(H,22,26). The number of fused-ring (bicyclic) bond motifs is 1. The van der Waals surface area contributed by atoms with E-state index in [4.69, 9.17) is 0 Å². The van der Waals surface area contributed by atoms with E-state index in [0.29, 0.717) is 50.3 Å². The Morgan fingerprint density at radius 2 is 1.70 bits per heavy atom. The molecule has 4 rings (SSSR count). The van der Waals surface area contributed by atoms with Gasteiger partial charge in [-0.05, 0) is 43.2 Å². The van der Waals surface area contributed by atoms with Crippen LogP contribution in [0.5, 0.6) is 0 Å². The monoisotopic (exact) mass is 369 g/mol. The first-order chi connectivity index (χ1) is 13.0. The highest BCUT2D eigenvalue weighted by molar-refractivity contribution is 6.01. The molecule has 27 heavy (non-hydrogen) atoms. The van der Waals surface area contributed by atoms with Crippen LogP contribution in [0, 0.1) is 5.82 Å². The molecule has 1 N–H and O–H groups in total. The first-order valence-electron chi connectivity index (χ1n) is 9.12. The van der Waals surface area contributed by atoms with Gasteiger partial charge in [0.1, 0.15) is 11.4 Å². The highest BCUT2D eigenvalue weighted by Gasteiger charge is 2.27. The number of nitrogens with zero attached hydrogens (tertiary/aromatic N) is 2. The Hall–Kier alpha value is -2.96. The number of pyridine rings is 1. The molecule has 1 saturated heterocycles. The van der Waals surface area contributed by atoms with Gasteiger partial charge in [0.15, 0.2) is 5.78 Å². The highest BCUT2D eigenvalue weighted by Crippen LogP contribution is 2.20. The van der Waals surface area contributed by atoms with Crippen molar-refractivity contribution in [1.29, 1.82) is 0 Å². The Morgan fingerprint density at radius 3 is 2.41 bits per heavy atom. The van der Waals surface area contributed by atoms with E-state index in [9.17, 15) is 18.8 Å². The number of anilines is 1. The molecule has 1 amide bonds. The molecule has 0 unspecified atom stereocenters. The normalized spacial score (nSPS) is 17.0. The Labute approximate surface area is 155 Å². The lowest BCUT2D eigenvalue weighted by Crippen LogP contribution is -2.49. The van der Waals surface area contributed by atoms with Crippen molar-refractivity contribution in [3.8, 4) is 0 Å². The molecule has 1 aromatic heterocycles. The second-order valence-corrected chi connectivity index (χ2v) is 6.94. The van der Waals surface area contributed by atoms with E-state index in [1.165, 1.54) is 18.2 Å². The summed E-state index contributed by atoms with van der Waals surface area (Å²) in [5.41, 5.74) is 1.59. The van der Waals surface area contributed by atoms with Crippen molar-refractivity contribution in [2.75, 3.05) is 31.1 Å². The van der Waals surface area contributed by atoms with E-state index in [1.807, 2.05) is 0 Å². The molecule has 0 saturated carbocycles. The van der Waals surface area contributed by atoms with Gasteiger partial charge in [-0.2, -0.15) is 0 Å². The Morgan fingerprint density at radius 1 is 1.00 bits per heavy atom. The number of aromatic amines is 1. The molecule has 2 aliphatic rings. The molecule has 1 fully saturated rings. The first-order valence-corrected chi connectivity index (χ1v) is 9.12. The topological polar surface area (TPSA) is 73.5 Å². The lowest BCUT2D eigenvalue weighted by Gasteiger charge is -2.36. The molecular weight excluding hydrogens is 349 g/mol. The summed E-state index contributed by atoms with van der Waals surface area (Å²) in [6.07, 6.45) is 1.82. The average Bonchev–Trinajstić information content (AvgIpc) is 2.68. The minimum absolute atomic E-state index is 0.0253. The number of carbonyl (C=O) groups excluding carboxylic acids is 2. The van der Waals surface area contributed by atoms with Crippen LogP contribution in [0.3, 0.4) is 0 Å². The van der Waals surface area contributed by atoms with Gasteiger partial charge in [-0.1, -0.05) is 0 Å². The number of aryl methyl sites for hydroxylation is 1. The predicted octanol–water partition coefficient (Wildman–Crippen LogP) is 2.00. The third-order valence-corrected chi connectivity index (χ3v) is 5.24. The maximum Gasteiger partial charge on any atom is 0.261 e. The molecule has 1 aliphatic heterocycles. The van der Waals surface area contributed by atoms with Crippen molar-refractivity contribution in [2.24, 2.45) is 0 Å². The summed E-state index contributed by atoms with van der Waals surface area (Å²) < 4.78 is 13.1. The molecule has 6 nitrogen and oxygen atoms in total. The summed E-state index contributed by atoms with van der Waals surface area (Å²) in [7, 11) is 0. The van der Waals surface area contributed by atoms with Crippen molar-refractivity contribution in [2.45, 2.75) is 19.3 Å². The van der Waals surface area contributed by atoms with Crippen LogP contribution in [-0.2, 0) is 6.42 Å². The number of hydrogen-bond donors (Lipinski definition) is 1. The van der Waals surface area contributed by atoms with Gasteiger partial charge in [0.2, 0.25) is 0 Å². The van der Waals surface area contributed by atoms with Gasteiger partial charge in [0.05, 0.1) is 0 Å². The molecule has 0 spiro atoms. The zero-order valence-electron chi connectivity index (χ0n) is 14.8. The second kappa shape index (κ2) is 6.98. The highest BCUT2D eigenvalue weighted by atomic mass is 19.1. The summed E-state index contributed by atoms with van der Waals surface area (Å²) >= 11 is 0. The number of amides is 1. The van der Waals surface area contributed by atoms with Crippen LogP contribution >= 0.6 is 0 Å². The fourth-order valence-corrected chi connectivity index (χ4v) is 3.72. The number of Topliss-reactive ketones (excluding diaryl/α,β-unsaturated/α-hetero) is 1. The molecule has 2 aromatic rings. The average molecular weight is 369 g/mol. The molecule has 140 valence electrons. The number of H-pyrrole nitrogens is 1. The van der Waals surface area contributed by atoms with Crippen molar-refractivity contribution in [3.05, 3.63) is 63.3 Å². The Balaban J connectivity index is 1.50. The number of benzene rings is 1. The second-order valence-electron chi connectivity index (χ2n) is 6.94. The number of aromatic nitrogens is 1. The fraction of sp³-hybridized carbons (Fsp3) is 0.350. The maximum atomic E-state index is 13.1. The minimum atomic E-state index is -0.436. The van der Waals surface area contributed by atoms with Crippen LogP contribution in [0.25, 0.3) is 0 Å². The van der Waals surface area contributed by atoms with Crippen LogP contribution in [0.4, 0.5) is 10.1 Å². The Kier molecular flexibility index (Phi) is 4.51. The largest absolute Gasteiger partial charge is 0.368 e. The number of halogens is 1. The lowest BCUT2D eigenvalue weighted by molar-refractivity contribution is 0.0745. The van der Waals surface area contributed by atoms with Crippen LogP contribution in [0.1, 0.15) is 39.3 Å². The Bertz CT molecular complexity index is 944. The SMILES string of the molecule is O=C1CCCc2[nH]c(=O)c(C(=O)N3CCN(c4ccc(F)cc4)CC3)cc21. The van der Waals surface area contributed by atoms with E-state index in [0.717, 1.165) is 12.1 Å². The third-order valence-electron chi connectivity index (χ3n) is 5.24. The molecule has 1 aromatic carbocycles. The first kappa shape index (κ1) is 17.5. The van der Waals surface area contributed by atoms with E-state index in [1.54, 1.807) is 17.0 Å². The smallest absolute Gasteiger partial charge is 0.261 e. The van der Waals surface area contributed by atoms with Crippen molar-refractivity contribution in [1.82, 2.24) is 9.88 Å². The van der Waals surface area contributed by atoms with Crippen molar-refractivity contribution >= 4 is 17.4 Å². The van der Waals surface area contributed by atoms with Gasteiger partial charge >= 0.3 is 0 Å². The molecule has 0 radical (unpaired) electrons. The molecule has 7 heteroatoms. The van der Waals surface area contributed by atoms with E-state index < -0.39 is 5.56 Å². The maximum absolute atomic E-state index is 13.1. The van der Waals surface area contributed by atoms with Gasteiger partial charge in [-0.3, -0.25) is 14.4 Å². The summed E-state index contributed by atoms with van der Waals surface area (Å²) in [6.45, 7) is 2.11. The summed E-state index contributed by atoms with van der Waals surface area (Å²) in [5.74, 6) is -0.660. The predicted molar refractivity (Wildman–Crippen MR) is 98.8 cm³/mol. The summed E-state index contributed by atoms with van der Waals surface area (Å²) in [6, 6.07) is 7.72. The van der Waals surface area contributed by atoms with E-state index in [-0.39, 0.29) is 23.1 Å². The zero-order valence-corrected chi connectivity index (χ0v) is 14.8. The van der Waals surface area contributed by atoms with Gasteiger partial charge in [-0.15, -0.1) is 0 Å². The van der Waals surface area contributed by atoms with Crippen LogP contribution < -0.4 is 10.5 Å². The zero-order chi connectivity index (χ0) is 19.0. The van der Waals surface area contributed by atoms with E-state index in [2.05, 4.69) is 9.88 Å².